The standard InChI is InChI=1S/C13H14N2/c1-2-11-8-12(13(14)9-15-11)10-6-4-3-5-7-10/h3-9H,2,14H2,1H3. The van der Waals surface area contributed by atoms with Crippen LogP contribution < -0.4 is 5.73 Å². The number of anilines is 1. The Morgan fingerprint density at radius 3 is 2.60 bits per heavy atom. The molecule has 0 atom stereocenters. The minimum atomic E-state index is 0.735. The average molecular weight is 198 g/mol. The van der Waals surface area contributed by atoms with Crippen molar-refractivity contribution in [3.8, 4) is 11.1 Å². The Balaban J connectivity index is 2.52. The molecule has 15 heavy (non-hydrogen) atoms. The Hall–Kier alpha value is -1.83. The highest BCUT2D eigenvalue weighted by Crippen LogP contribution is 2.25. The van der Waals surface area contributed by atoms with Crippen LogP contribution in [-0.4, -0.2) is 4.98 Å². The molecule has 2 nitrogen and oxygen atoms in total. The first-order chi connectivity index (χ1) is 7.31. The molecule has 0 unspecified atom stereocenters. The van der Waals surface area contributed by atoms with E-state index in [0.29, 0.717) is 0 Å². The number of rotatable bonds is 2. The Morgan fingerprint density at radius 1 is 1.20 bits per heavy atom. The van der Waals surface area contributed by atoms with Crippen LogP contribution in [0, 0.1) is 0 Å². The molecular formula is C13H14N2. The van der Waals surface area contributed by atoms with Crippen LogP contribution in [0.2, 0.25) is 0 Å². The molecule has 0 bridgehead atoms. The molecule has 2 rings (SSSR count). The second-order valence-electron chi connectivity index (χ2n) is 3.48. The summed E-state index contributed by atoms with van der Waals surface area (Å²) in [5, 5.41) is 0. The number of nitrogens with zero attached hydrogens (tertiary/aromatic N) is 1. The fraction of sp³-hybridized carbons (Fsp3) is 0.154. The van der Waals surface area contributed by atoms with Gasteiger partial charge in [-0.2, -0.15) is 0 Å². The minimum Gasteiger partial charge on any atom is -0.397 e. The highest BCUT2D eigenvalue weighted by molar-refractivity contribution is 5.75. The fourth-order valence-corrected chi connectivity index (χ4v) is 1.57. The first kappa shape index (κ1) is 9.71. The van der Waals surface area contributed by atoms with E-state index in [4.69, 9.17) is 5.73 Å². The molecule has 2 aromatic rings. The van der Waals surface area contributed by atoms with E-state index in [9.17, 15) is 0 Å². The average Bonchev–Trinajstić information content (AvgIpc) is 2.31. The van der Waals surface area contributed by atoms with Crippen LogP contribution in [0.15, 0.2) is 42.6 Å². The van der Waals surface area contributed by atoms with Crippen molar-refractivity contribution in [1.29, 1.82) is 0 Å². The van der Waals surface area contributed by atoms with Crippen molar-refractivity contribution in [2.24, 2.45) is 0 Å². The van der Waals surface area contributed by atoms with E-state index in [1.807, 2.05) is 18.2 Å². The first-order valence-electron chi connectivity index (χ1n) is 5.11. The molecule has 0 radical (unpaired) electrons. The van der Waals surface area contributed by atoms with Crippen molar-refractivity contribution < 1.29 is 0 Å². The summed E-state index contributed by atoms with van der Waals surface area (Å²) in [4.78, 5) is 4.26. The summed E-state index contributed by atoms with van der Waals surface area (Å²) in [5.41, 5.74) is 9.94. The number of benzene rings is 1. The van der Waals surface area contributed by atoms with E-state index < -0.39 is 0 Å². The lowest BCUT2D eigenvalue weighted by atomic mass is 10.0. The van der Waals surface area contributed by atoms with Gasteiger partial charge in [0, 0.05) is 11.3 Å². The lowest BCUT2D eigenvalue weighted by Crippen LogP contribution is -1.95. The quantitative estimate of drug-likeness (QED) is 0.805. The van der Waals surface area contributed by atoms with Crippen molar-refractivity contribution in [3.63, 3.8) is 0 Å². The van der Waals surface area contributed by atoms with Crippen molar-refractivity contribution in [1.82, 2.24) is 4.98 Å². The molecular weight excluding hydrogens is 184 g/mol. The van der Waals surface area contributed by atoms with Gasteiger partial charge in [-0.25, -0.2) is 0 Å². The highest BCUT2D eigenvalue weighted by atomic mass is 14.7. The second kappa shape index (κ2) is 4.13. The monoisotopic (exact) mass is 198 g/mol. The van der Waals surface area contributed by atoms with E-state index in [-0.39, 0.29) is 0 Å². The molecule has 0 amide bonds. The maximum absolute atomic E-state index is 5.91. The van der Waals surface area contributed by atoms with Gasteiger partial charge in [0.2, 0.25) is 0 Å². The van der Waals surface area contributed by atoms with Crippen LogP contribution in [0.1, 0.15) is 12.6 Å². The molecule has 0 spiro atoms. The molecule has 1 aromatic carbocycles. The number of aromatic nitrogens is 1. The Labute approximate surface area is 89.8 Å². The van der Waals surface area contributed by atoms with E-state index >= 15 is 0 Å². The number of hydrogen-bond acceptors (Lipinski definition) is 2. The molecule has 2 heteroatoms. The number of pyridine rings is 1. The summed E-state index contributed by atoms with van der Waals surface area (Å²) in [6, 6.07) is 12.2. The van der Waals surface area contributed by atoms with Crippen LogP contribution in [0.4, 0.5) is 5.69 Å². The maximum Gasteiger partial charge on any atom is 0.0580 e. The van der Waals surface area contributed by atoms with Crippen LogP contribution in [0.25, 0.3) is 11.1 Å². The molecule has 76 valence electrons. The number of nitrogen functional groups attached to an aromatic ring is 1. The summed E-state index contributed by atoms with van der Waals surface area (Å²) < 4.78 is 0. The van der Waals surface area contributed by atoms with E-state index in [2.05, 4.69) is 30.1 Å². The summed E-state index contributed by atoms with van der Waals surface area (Å²) in [7, 11) is 0. The third-order valence-electron chi connectivity index (χ3n) is 2.44. The van der Waals surface area contributed by atoms with Gasteiger partial charge in [0.25, 0.3) is 0 Å². The van der Waals surface area contributed by atoms with Crippen LogP contribution in [0.5, 0.6) is 0 Å². The molecule has 1 heterocycles. The van der Waals surface area contributed by atoms with Crippen molar-refractivity contribution >= 4 is 5.69 Å². The highest BCUT2D eigenvalue weighted by Gasteiger charge is 2.03. The molecule has 0 aliphatic heterocycles. The van der Waals surface area contributed by atoms with Gasteiger partial charge in [0.15, 0.2) is 0 Å². The van der Waals surface area contributed by atoms with Gasteiger partial charge in [-0.15, -0.1) is 0 Å². The van der Waals surface area contributed by atoms with Gasteiger partial charge in [0.05, 0.1) is 11.9 Å². The Kier molecular flexibility index (Phi) is 2.68. The van der Waals surface area contributed by atoms with Gasteiger partial charge in [-0.05, 0) is 18.1 Å². The van der Waals surface area contributed by atoms with Crippen LogP contribution in [0.3, 0.4) is 0 Å². The van der Waals surface area contributed by atoms with Crippen molar-refractivity contribution in [2.75, 3.05) is 5.73 Å². The predicted molar refractivity (Wildman–Crippen MR) is 63.5 cm³/mol. The topological polar surface area (TPSA) is 38.9 Å². The normalized spacial score (nSPS) is 10.2. The number of nitrogens with two attached hydrogens (primary N) is 1. The summed E-state index contributed by atoms with van der Waals surface area (Å²) in [5.74, 6) is 0. The SMILES string of the molecule is CCc1cc(-c2ccccc2)c(N)cn1. The van der Waals surface area contributed by atoms with Crippen LogP contribution in [-0.2, 0) is 6.42 Å². The van der Waals surface area contributed by atoms with Gasteiger partial charge in [-0.3, -0.25) is 4.98 Å². The maximum atomic E-state index is 5.91. The lowest BCUT2D eigenvalue weighted by Gasteiger charge is -2.06. The van der Waals surface area contributed by atoms with Gasteiger partial charge in [-0.1, -0.05) is 37.3 Å². The molecule has 0 fully saturated rings. The van der Waals surface area contributed by atoms with Gasteiger partial charge >= 0.3 is 0 Å². The Morgan fingerprint density at radius 2 is 1.93 bits per heavy atom. The van der Waals surface area contributed by atoms with Gasteiger partial charge in [0.1, 0.15) is 0 Å². The van der Waals surface area contributed by atoms with E-state index in [1.54, 1.807) is 6.20 Å². The molecule has 1 aromatic heterocycles. The third-order valence-corrected chi connectivity index (χ3v) is 2.44. The summed E-state index contributed by atoms with van der Waals surface area (Å²) in [6.07, 6.45) is 2.67. The number of hydrogen-bond donors (Lipinski definition) is 1. The smallest absolute Gasteiger partial charge is 0.0580 e. The summed E-state index contributed by atoms with van der Waals surface area (Å²) >= 11 is 0. The first-order valence-corrected chi connectivity index (χ1v) is 5.11. The van der Waals surface area contributed by atoms with E-state index in [1.165, 1.54) is 0 Å². The van der Waals surface area contributed by atoms with Crippen molar-refractivity contribution in [3.05, 3.63) is 48.3 Å². The number of aryl methyl sites for hydroxylation is 1. The Bertz CT molecular complexity index is 449. The predicted octanol–water partition coefficient (Wildman–Crippen LogP) is 2.89. The van der Waals surface area contributed by atoms with Gasteiger partial charge < -0.3 is 5.73 Å². The van der Waals surface area contributed by atoms with Crippen molar-refractivity contribution in [2.45, 2.75) is 13.3 Å². The van der Waals surface area contributed by atoms with E-state index in [0.717, 1.165) is 28.9 Å². The third kappa shape index (κ3) is 1.99. The molecule has 0 aliphatic carbocycles. The van der Waals surface area contributed by atoms with Crippen LogP contribution >= 0.6 is 0 Å². The molecule has 0 saturated heterocycles. The molecule has 0 aliphatic rings. The second-order valence-corrected chi connectivity index (χ2v) is 3.48. The lowest BCUT2D eigenvalue weighted by molar-refractivity contribution is 1.04. The molecule has 0 saturated carbocycles. The fourth-order valence-electron chi connectivity index (χ4n) is 1.57. The zero-order valence-electron chi connectivity index (χ0n) is 8.77. The largest absolute Gasteiger partial charge is 0.397 e. The zero-order chi connectivity index (χ0) is 10.7. The molecule has 2 N–H and O–H groups in total. The summed E-state index contributed by atoms with van der Waals surface area (Å²) in [6.45, 7) is 2.09. The zero-order valence-corrected chi connectivity index (χ0v) is 8.77. The minimum absolute atomic E-state index is 0.735.